The fourth-order valence-corrected chi connectivity index (χ4v) is 2.76. The smallest absolute Gasteiger partial charge is 0.337 e. The highest BCUT2D eigenvalue weighted by Gasteiger charge is 2.22. The second-order valence-corrected chi connectivity index (χ2v) is 5.38. The maximum atomic E-state index is 13.2. The summed E-state index contributed by atoms with van der Waals surface area (Å²) in [5.41, 5.74) is 2.78. The number of rotatable bonds is 3. The van der Waals surface area contributed by atoms with Gasteiger partial charge in [-0.2, -0.15) is 0 Å². The van der Waals surface area contributed by atoms with Gasteiger partial charge in [0.1, 0.15) is 5.82 Å². The summed E-state index contributed by atoms with van der Waals surface area (Å²) in [5, 5.41) is 12.2. The quantitative estimate of drug-likeness (QED) is 0.913. The molecule has 0 aliphatic carbocycles. The number of hydrogen-bond acceptors (Lipinski definition) is 3. The Bertz CT molecular complexity index is 804. The van der Waals surface area contributed by atoms with Crippen LogP contribution in [0.4, 0.5) is 21.5 Å². The Morgan fingerprint density at radius 3 is 2.70 bits per heavy atom. The molecule has 0 fully saturated rings. The van der Waals surface area contributed by atoms with Crippen molar-refractivity contribution in [1.29, 1.82) is 0 Å². The van der Waals surface area contributed by atoms with Gasteiger partial charge in [-0.15, -0.1) is 0 Å². The van der Waals surface area contributed by atoms with E-state index in [2.05, 4.69) is 5.32 Å². The minimum atomic E-state index is -1.20. The highest BCUT2D eigenvalue weighted by molar-refractivity contribution is 5.96. The first-order chi connectivity index (χ1) is 11.0. The van der Waals surface area contributed by atoms with Crippen LogP contribution in [0.15, 0.2) is 36.4 Å². The first-order valence-electron chi connectivity index (χ1n) is 7.16. The molecule has 3 rings (SSSR count). The van der Waals surface area contributed by atoms with Crippen LogP contribution in [0.3, 0.4) is 0 Å². The number of amides is 1. The molecule has 1 amide bonds. The highest BCUT2D eigenvalue weighted by Crippen LogP contribution is 2.32. The number of carboxylic acid groups (broad SMARTS) is 1. The minimum absolute atomic E-state index is 0.00356. The number of nitrogens with zero attached hydrogens (tertiary/aromatic N) is 1. The molecule has 23 heavy (non-hydrogen) atoms. The summed E-state index contributed by atoms with van der Waals surface area (Å²) >= 11 is 0. The van der Waals surface area contributed by atoms with Gasteiger partial charge in [0, 0.05) is 24.8 Å². The maximum Gasteiger partial charge on any atom is 0.337 e. The first kappa shape index (κ1) is 15.0. The lowest BCUT2D eigenvalue weighted by molar-refractivity contribution is -0.116. The zero-order valence-electron chi connectivity index (χ0n) is 12.5. The van der Waals surface area contributed by atoms with Gasteiger partial charge in [0.2, 0.25) is 5.91 Å². The second kappa shape index (κ2) is 5.72. The summed E-state index contributed by atoms with van der Waals surface area (Å²) in [5.74, 6) is -1.80. The van der Waals surface area contributed by atoms with E-state index < -0.39 is 11.8 Å². The Morgan fingerprint density at radius 1 is 1.22 bits per heavy atom. The Hall–Kier alpha value is -2.89. The molecule has 5 nitrogen and oxygen atoms in total. The average Bonchev–Trinajstić information content (AvgIpc) is 2.92. The van der Waals surface area contributed by atoms with Crippen molar-refractivity contribution in [2.45, 2.75) is 13.3 Å². The Labute approximate surface area is 132 Å². The zero-order valence-corrected chi connectivity index (χ0v) is 12.5. The fraction of sp³-hybridized carbons (Fsp3) is 0.176. The van der Waals surface area contributed by atoms with E-state index in [9.17, 15) is 14.0 Å². The average molecular weight is 314 g/mol. The summed E-state index contributed by atoms with van der Waals surface area (Å²) in [7, 11) is 0. The van der Waals surface area contributed by atoms with Crippen LogP contribution in [0.5, 0.6) is 0 Å². The van der Waals surface area contributed by atoms with Crippen molar-refractivity contribution in [1.82, 2.24) is 0 Å². The molecule has 2 aromatic rings. The molecule has 0 atom stereocenters. The lowest BCUT2D eigenvalue weighted by Gasteiger charge is -2.15. The van der Waals surface area contributed by atoms with Crippen LogP contribution in [0.25, 0.3) is 0 Å². The number of carboxylic acids is 1. The van der Waals surface area contributed by atoms with E-state index in [0.29, 0.717) is 17.9 Å². The predicted molar refractivity (Wildman–Crippen MR) is 84.8 cm³/mol. The fourth-order valence-electron chi connectivity index (χ4n) is 2.76. The molecular weight excluding hydrogens is 299 g/mol. The van der Waals surface area contributed by atoms with Crippen molar-refractivity contribution >= 4 is 28.9 Å². The number of hydrogen-bond donors (Lipinski definition) is 2. The van der Waals surface area contributed by atoms with Crippen molar-refractivity contribution in [2.24, 2.45) is 0 Å². The SMILES string of the molecule is CC(=O)N1CCc2cc(Nc3ccc(F)cc3C(=O)O)ccc21. The van der Waals surface area contributed by atoms with Gasteiger partial charge >= 0.3 is 5.97 Å². The van der Waals surface area contributed by atoms with Gasteiger partial charge in [0.05, 0.1) is 11.3 Å². The van der Waals surface area contributed by atoms with E-state index in [1.807, 2.05) is 12.1 Å². The summed E-state index contributed by atoms with van der Waals surface area (Å²) in [6.07, 6.45) is 0.750. The molecule has 118 valence electrons. The summed E-state index contributed by atoms with van der Waals surface area (Å²) in [6.45, 7) is 2.17. The maximum absolute atomic E-state index is 13.2. The Morgan fingerprint density at radius 2 is 2.00 bits per heavy atom. The van der Waals surface area contributed by atoms with Gasteiger partial charge in [0.15, 0.2) is 0 Å². The largest absolute Gasteiger partial charge is 0.478 e. The number of aromatic carboxylic acids is 1. The molecule has 6 heteroatoms. The summed E-state index contributed by atoms with van der Waals surface area (Å²) in [6, 6.07) is 9.07. The standard InChI is InChI=1S/C17H15FN2O3/c1-10(21)20-7-6-11-8-13(3-5-16(11)20)19-15-4-2-12(18)9-14(15)17(22)23/h2-5,8-9,19H,6-7H2,1H3,(H,22,23). The molecule has 0 radical (unpaired) electrons. The van der Waals surface area contributed by atoms with Crippen LogP contribution in [-0.2, 0) is 11.2 Å². The van der Waals surface area contributed by atoms with Gasteiger partial charge in [-0.1, -0.05) is 0 Å². The lowest BCUT2D eigenvalue weighted by Crippen LogP contribution is -2.25. The van der Waals surface area contributed by atoms with E-state index in [1.54, 1.807) is 11.0 Å². The molecular formula is C17H15FN2O3. The van der Waals surface area contributed by atoms with Gasteiger partial charge < -0.3 is 15.3 Å². The van der Waals surface area contributed by atoms with E-state index in [4.69, 9.17) is 5.11 Å². The molecule has 0 spiro atoms. The zero-order chi connectivity index (χ0) is 16.6. The van der Waals surface area contributed by atoms with Crippen LogP contribution < -0.4 is 10.2 Å². The van der Waals surface area contributed by atoms with E-state index in [0.717, 1.165) is 23.7 Å². The molecule has 2 N–H and O–H groups in total. The molecule has 1 heterocycles. The highest BCUT2D eigenvalue weighted by atomic mass is 19.1. The van der Waals surface area contributed by atoms with Gasteiger partial charge in [-0.3, -0.25) is 4.79 Å². The van der Waals surface area contributed by atoms with E-state index >= 15 is 0 Å². The topological polar surface area (TPSA) is 69.6 Å². The number of fused-ring (bicyclic) bond motifs is 1. The first-order valence-corrected chi connectivity index (χ1v) is 7.16. The number of nitrogens with one attached hydrogen (secondary N) is 1. The number of benzene rings is 2. The molecule has 0 saturated carbocycles. The third kappa shape index (κ3) is 2.88. The van der Waals surface area contributed by atoms with Crippen LogP contribution in [0.1, 0.15) is 22.8 Å². The van der Waals surface area contributed by atoms with Gasteiger partial charge in [-0.25, -0.2) is 9.18 Å². The number of carbonyl (C=O) groups is 2. The predicted octanol–water partition coefficient (Wildman–Crippen LogP) is 3.18. The Kier molecular flexibility index (Phi) is 3.73. The molecule has 2 aromatic carbocycles. The van der Waals surface area contributed by atoms with Crippen LogP contribution in [0, 0.1) is 5.82 Å². The molecule has 0 aromatic heterocycles. The number of halogens is 1. The van der Waals surface area contributed by atoms with Gasteiger partial charge in [-0.05, 0) is 48.4 Å². The summed E-state index contributed by atoms with van der Waals surface area (Å²) in [4.78, 5) is 24.5. The van der Waals surface area contributed by atoms with Crippen LogP contribution in [0.2, 0.25) is 0 Å². The van der Waals surface area contributed by atoms with Crippen molar-refractivity contribution < 1.29 is 19.1 Å². The van der Waals surface area contributed by atoms with Crippen molar-refractivity contribution in [3.05, 3.63) is 53.3 Å². The van der Waals surface area contributed by atoms with E-state index in [-0.39, 0.29) is 11.5 Å². The summed E-state index contributed by atoms with van der Waals surface area (Å²) < 4.78 is 13.2. The number of carbonyl (C=O) groups excluding carboxylic acids is 1. The van der Waals surface area contributed by atoms with Crippen molar-refractivity contribution in [3.63, 3.8) is 0 Å². The van der Waals surface area contributed by atoms with Crippen molar-refractivity contribution in [2.75, 3.05) is 16.8 Å². The third-order valence-electron chi connectivity index (χ3n) is 3.85. The van der Waals surface area contributed by atoms with Crippen LogP contribution >= 0.6 is 0 Å². The molecule has 0 bridgehead atoms. The van der Waals surface area contributed by atoms with Crippen LogP contribution in [-0.4, -0.2) is 23.5 Å². The third-order valence-corrected chi connectivity index (χ3v) is 3.85. The van der Waals surface area contributed by atoms with Crippen molar-refractivity contribution in [3.8, 4) is 0 Å². The second-order valence-electron chi connectivity index (χ2n) is 5.38. The lowest BCUT2D eigenvalue weighted by atomic mass is 10.1. The Balaban J connectivity index is 1.91. The van der Waals surface area contributed by atoms with Gasteiger partial charge in [0.25, 0.3) is 0 Å². The minimum Gasteiger partial charge on any atom is -0.478 e. The molecule has 0 saturated heterocycles. The normalized spacial score (nSPS) is 12.9. The molecule has 1 aliphatic rings. The monoisotopic (exact) mass is 314 g/mol. The number of anilines is 3. The molecule has 0 unspecified atom stereocenters. The van der Waals surface area contributed by atoms with E-state index in [1.165, 1.54) is 19.1 Å². The molecule has 1 aliphatic heterocycles.